The molecule has 3 unspecified atom stereocenters. The number of aliphatic hydroxyl groups is 1. The predicted molar refractivity (Wildman–Crippen MR) is 91.3 cm³/mol. The molecule has 154 valence electrons. The Kier molecular flexibility index (Phi) is 10.6. The zero-order chi connectivity index (χ0) is 21.1. The number of aliphatic hydroxyl groups excluding tert-OH is 1. The molecule has 0 saturated carbocycles. The summed E-state index contributed by atoms with van der Waals surface area (Å²) in [5, 5.41) is 33.2. The maximum Gasteiger partial charge on any atom is 0.326 e. The number of carbonyl (C=O) groups is 5. The van der Waals surface area contributed by atoms with Gasteiger partial charge in [-0.25, -0.2) is 4.79 Å². The van der Waals surface area contributed by atoms with Crippen LogP contribution in [0.2, 0.25) is 0 Å². The summed E-state index contributed by atoms with van der Waals surface area (Å²) in [6.45, 7) is 2.04. The number of amides is 3. The molecular weight excluding hydrogens is 364 g/mol. The molecule has 0 rings (SSSR count). The molecule has 27 heavy (non-hydrogen) atoms. The number of aliphatic carboxylic acids is 2. The second-order valence-electron chi connectivity index (χ2n) is 6.12. The molecule has 0 spiro atoms. The van der Waals surface area contributed by atoms with Crippen LogP contribution < -0.4 is 21.7 Å². The molecule has 3 atom stereocenters. The highest BCUT2D eigenvalue weighted by molar-refractivity contribution is 5.92. The van der Waals surface area contributed by atoms with Crippen LogP contribution in [0.3, 0.4) is 0 Å². The molecule has 0 aromatic carbocycles. The lowest BCUT2D eigenvalue weighted by Crippen LogP contribution is -2.55. The van der Waals surface area contributed by atoms with E-state index in [1.807, 2.05) is 0 Å². The van der Waals surface area contributed by atoms with Gasteiger partial charge in [-0.15, -0.1) is 0 Å². The Labute approximate surface area is 155 Å². The first-order valence-corrected chi connectivity index (χ1v) is 8.18. The minimum Gasteiger partial charge on any atom is -0.481 e. The van der Waals surface area contributed by atoms with Crippen molar-refractivity contribution in [2.24, 2.45) is 11.7 Å². The maximum atomic E-state index is 11.9. The van der Waals surface area contributed by atoms with Crippen LogP contribution in [-0.2, 0) is 24.0 Å². The summed E-state index contributed by atoms with van der Waals surface area (Å²) in [5.74, 6) is -5.22. The zero-order valence-corrected chi connectivity index (χ0v) is 15.1. The molecule has 0 aromatic heterocycles. The Bertz CT molecular complexity index is 566. The molecule has 0 heterocycles. The topological polar surface area (TPSA) is 208 Å². The van der Waals surface area contributed by atoms with Gasteiger partial charge in [0.15, 0.2) is 0 Å². The van der Waals surface area contributed by atoms with Crippen molar-refractivity contribution in [1.29, 1.82) is 0 Å². The van der Waals surface area contributed by atoms with E-state index in [2.05, 4.69) is 16.0 Å². The fourth-order valence-corrected chi connectivity index (χ4v) is 1.83. The number of hydrogen-bond acceptors (Lipinski definition) is 7. The van der Waals surface area contributed by atoms with Gasteiger partial charge in [-0.3, -0.25) is 19.2 Å². The second-order valence-corrected chi connectivity index (χ2v) is 6.12. The second kappa shape index (κ2) is 11.8. The minimum atomic E-state index is -1.43. The summed E-state index contributed by atoms with van der Waals surface area (Å²) < 4.78 is 0. The van der Waals surface area contributed by atoms with Crippen LogP contribution in [0.15, 0.2) is 0 Å². The Balaban J connectivity index is 4.58. The smallest absolute Gasteiger partial charge is 0.326 e. The average molecular weight is 390 g/mol. The van der Waals surface area contributed by atoms with Crippen LogP contribution in [0.4, 0.5) is 0 Å². The molecule has 12 nitrogen and oxygen atoms in total. The molecule has 0 saturated heterocycles. The van der Waals surface area contributed by atoms with E-state index in [0.29, 0.717) is 0 Å². The first-order chi connectivity index (χ1) is 12.5. The van der Waals surface area contributed by atoms with Crippen LogP contribution in [0.25, 0.3) is 0 Å². The van der Waals surface area contributed by atoms with Crippen molar-refractivity contribution in [2.75, 3.05) is 13.2 Å². The van der Waals surface area contributed by atoms with Gasteiger partial charge >= 0.3 is 11.9 Å². The third-order valence-corrected chi connectivity index (χ3v) is 3.54. The lowest BCUT2D eigenvalue weighted by molar-refractivity contribution is -0.143. The van der Waals surface area contributed by atoms with Crippen molar-refractivity contribution < 1.29 is 39.3 Å². The molecule has 0 fully saturated rings. The standard InChI is InChI=1S/C15H26N4O8/c1-7(2)12(16)14(25)19-9(6-20)13(24)17-5-10(21)18-8(15(26)27)3-4-11(22)23/h7-9,12,20H,3-6,16H2,1-2H3,(H,17,24)(H,18,21)(H,19,25)(H,22,23)(H,26,27). The highest BCUT2D eigenvalue weighted by Crippen LogP contribution is 1.99. The molecular formula is C15H26N4O8. The molecule has 0 aliphatic rings. The summed E-state index contributed by atoms with van der Waals surface area (Å²) in [4.78, 5) is 57.0. The van der Waals surface area contributed by atoms with Crippen molar-refractivity contribution >= 4 is 29.7 Å². The number of nitrogens with two attached hydrogens (primary N) is 1. The van der Waals surface area contributed by atoms with Gasteiger partial charge < -0.3 is 37.0 Å². The van der Waals surface area contributed by atoms with E-state index < -0.39 is 67.4 Å². The zero-order valence-electron chi connectivity index (χ0n) is 15.1. The van der Waals surface area contributed by atoms with Crippen LogP contribution in [0.5, 0.6) is 0 Å². The maximum absolute atomic E-state index is 11.9. The fraction of sp³-hybridized carbons (Fsp3) is 0.667. The molecule has 0 aromatic rings. The van der Waals surface area contributed by atoms with Crippen LogP contribution >= 0.6 is 0 Å². The number of nitrogens with one attached hydrogen (secondary N) is 3. The van der Waals surface area contributed by atoms with E-state index in [-0.39, 0.29) is 12.3 Å². The SMILES string of the molecule is CC(C)C(N)C(=O)NC(CO)C(=O)NCC(=O)NC(CCC(=O)O)C(=O)O. The van der Waals surface area contributed by atoms with Crippen LogP contribution in [0, 0.1) is 5.92 Å². The number of rotatable bonds is 12. The van der Waals surface area contributed by atoms with Crippen molar-refractivity contribution in [3.05, 3.63) is 0 Å². The van der Waals surface area contributed by atoms with Gasteiger partial charge in [0.2, 0.25) is 17.7 Å². The molecule has 8 N–H and O–H groups in total. The van der Waals surface area contributed by atoms with E-state index in [0.717, 1.165) is 0 Å². The van der Waals surface area contributed by atoms with Gasteiger partial charge in [0, 0.05) is 6.42 Å². The van der Waals surface area contributed by atoms with E-state index in [9.17, 15) is 29.1 Å². The molecule has 0 aliphatic carbocycles. The summed E-state index contributed by atoms with van der Waals surface area (Å²) in [7, 11) is 0. The van der Waals surface area contributed by atoms with Crippen LogP contribution in [0.1, 0.15) is 26.7 Å². The van der Waals surface area contributed by atoms with Gasteiger partial charge in [-0.2, -0.15) is 0 Å². The van der Waals surface area contributed by atoms with Crippen molar-refractivity contribution in [3.63, 3.8) is 0 Å². The van der Waals surface area contributed by atoms with E-state index in [1.54, 1.807) is 13.8 Å². The van der Waals surface area contributed by atoms with Crippen molar-refractivity contribution in [3.8, 4) is 0 Å². The van der Waals surface area contributed by atoms with Gasteiger partial charge in [-0.05, 0) is 12.3 Å². The third kappa shape index (κ3) is 9.51. The third-order valence-electron chi connectivity index (χ3n) is 3.54. The molecule has 0 radical (unpaired) electrons. The monoisotopic (exact) mass is 390 g/mol. The number of carboxylic acids is 2. The lowest BCUT2D eigenvalue weighted by Gasteiger charge is -2.20. The van der Waals surface area contributed by atoms with Crippen molar-refractivity contribution in [1.82, 2.24) is 16.0 Å². The van der Waals surface area contributed by atoms with Crippen molar-refractivity contribution in [2.45, 2.75) is 44.8 Å². The number of hydrogen-bond donors (Lipinski definition) is 7. The largest absolute Gasteiger partial charge is 0.481 e. The first-order valence-electron chi connectivity index (χ1n) is 8.18. The number of carbonyl (C=O) groups excluding carboxylic acids is 3. The highest BCUT2D eigenvalue weighted by atomic mass is 16.4. The first kappa shape index (κ1) is 24.3. The van der Waals surface area contributed by atoms with E-state index in [4.69, 9.17) is 15.9 Å². The predicted octanol–water partition coefficient (Wildman–Crippen LogP) is -3.00. The normalized spacial score (nSPS) is 14.0. The summed E-state index contributed by atoms with van der Waals surface area (Å²) >= 11 is 0. The molecule has 3 amide bonds. The molecule has 0 aliphatic heterocycles. The fourth-order valence-electron chi connectivity index (χ4n) is 1.83. The summed E-state index contributed by atoms with van der Waals surface area (Å²) in [6, 6.07) is -3.65. The Hall–Kier alpha value is -2.73. The minimum absolute atomic E-state index is 0.197. The Morgan fingerprint density at radius 1 is 0.963 bits per heavy atom. The quantitative estimate of drug-likeness (QED) is 0.181. The van der Waals surface area contributed by atoms with Gasteiger partial charge in [0.05, 0.1) is 19.2 Å². The van der Waals surface area contributed by atoms with Gasteiger partial charge in [0.1, 0.15) is 12.1 Å². The van der Waals surface area contributed by atoms with Crippen LogP contribution in [-0.4, -0.2) is 76.3 Å². The average Bonchev–Trinajstić information content (AvgIpc) is 2.59. The summed E-state index contributed by atoms with van der Waals surface area (Å²) in [5.41, 5.74) is 5.63. The summed E-state index contributed by atoms with van der Waals surface area (Å²) in [6.07, 6.45) is -0.787. The van der Waals surface area contributed by atoms with E-state index in [1.165, 1.54) is 0 Å². The van der Waals surface area contributed by atoms with Gasteiger partial charge in [-0.1, -0.05) is 13.8 Å². The molecule has 0 bridgehead atoms. The molecule has 12 heteroatoms. The Morgan fingerprint density at radius 2 is 1.56 bits per heavy atom. The highest BCUT2D eigenvalue weighted by Gasteiger charge is 2.26. The van der Waals surface area contributed by atoms with E-state index >= 15 is 0 Å². The Morgan fingerprint density at radius 3 is 2.00 bits per heavy atom. The van der Waals surface area contributed by atoms with Gasteiger partial charge in [0.25, 0.3) is 0 Å². The lowest BCUT2D eigenvalue weighted by atomic mass is 10.0. The number of carboxylic acid groups (broad SMARTS) is 2.